The van der Waals surface area contributed by atoms with E-state index in [4.69, 9.17) is 0 Å². The van der Waals surface area contributed by atoms with Crippen LogP contribution in [0.4, 0.5) is 52.7 Å². The molecule has 0 atom stereocenters. The van der Waals surface area contributed by atoms with Gasteiger partial charge in [-0.1, -0.05) is 66.7 Å². The maximum Gasteiger partial charge on any atom is 0.416 e. The molecule has 0 aliphatic carbocycles. The highest BCUT2D eigenvalue weighted by Crippen LogP contribution is 2.46. The molecule has 0 N–H and O–H groups in total. The lowest BCUT2D eigenvalue weighted by Crippen LogP contribution is -2.11. The third-order valence-corrected chi connectivity index (χ3v) is 11.9. The molecule has 0 aliphatic rings. The van der Waals surface area contributed by atoms with Crippen LogP contribution in [0.2, 0.25) is 0 Å². The molecule has 0 fully saturated rings. The van der Waals surface area contributed by atoms with Gasteiger partial charge in [0.2, 0.25) is 0 Å². The summed E-state index contributed by atoms with van der Waals surface area (Å²) in [5.41, 5.74) is -2.42. The summed E-state index contributed by atoms with van der Waals surface area (Å²) in [4.78, 5) is 4.68. The fourth-order valence-corrected chi connectivity index (χ4v) is 8.92. The second-order valence-electron chi connectivity index (χ2n) is 16.0. The molecule has 0 radical (unpaired) electrons. The molecule has 0 saturated carbocycles. The van der Waals surface area contributed by atoms with Crippen LogP contribution < -0.4 is 0 Å². The standard InChI is InChI=1S/C52H26F12N4/c53-49(54,55)33-17-31(18-34(23-33)50(56,57)58)28-13-15-44-40(21-28)38-9-3-5-11-42(38)67(44)46-26-66-27-47(48(46)37-8-2-1-7-30(37)25-65)68-43-12-6-4-10-39(43)41-22-29(14-16-45(41)68)32-19-35(51(59,60)61)24-36(20-32)52(62,63)64/h1-24,26-27H. The molecule has 4 nitrogen and oxygen atoms in total. The zero-order valence-electron chi connectivity index (χ0n) is 34.3. The van der Waals surface area contributed by atoms with Crippen LogP contribution >= 0.6 is 0 Å². The van der Waals surface area contributed by atoms with E-state index >= 15 is 0 Å². The van der Waals surface area contributed by atoms with E-state index in [0.29, 0.717) is 90.4 Å². The summed E-state index contributed by atoms with van der Waals surface area (Å²) in [6.07, 6.45) is -17.2. The van der Waals surface area contributed by atoms with Gasteiger partial charge in [-0.15, -0.1) is 0 Å². The van der Waals surface area contributed by atoms with E-state index in [9.17, 15) is 57.9 Å². The van der Waals surface area contributed by atoms with Gasteiger partial charge in [0.15, 0.2) is 0 Å². The van der Waals surface area contributed by atoms with Crippen LogP contribution in [0.25, 0.3) is 88.4 Å². The lowest BCUT2D eigenvalue weighted by Gasteiger charge is -2.20. The lowest BCUT2D eigenvalue weighted by molar-refractivity contribution is -0.144. The maximum atomic E-state index is 14.0. The summed E-state index contributed by atoms with van der Waals surface area (Å²) in [6, 6.07) is 34.7. The summed E-state index contributed by atoms with van der Waals surface area (Å²) in [5, 5.41) is 12.6. The second-order valence-corrected chi connectivity index (χ2v) is 16.0. The average Bonchev–Trinajstić information content (AvgIpc) is 3.82. The van der Waals surface area contributed by atoms with Crippen molar-refractivity contribution >= 4 is 43.6 Å². The molecule has 0 aliphatic heterocycles. The van der Waals surface area contributed by atoms with Crippen molar-refractivity contribution in [3.8, 4) is 50.8 Å². The predicted molar refractivity (Wildman–Crippen MR) is 234 cm³/mol. The molecule has 3 heterocycles. The number of para-hydroxylation sites is 2. The van der Waals surface area contributed by atoms with Gasteiger partial charge >= 0.3 is 24.7 Å². The molecule has 0 bridgehead atoms. The van der Waals surface area contributed by atoms with E-state index in [1.165, 1.54) is 24.3 Å². The third-order valence-electron chi connectivity index (χ3n) is 11.9. The van der Waals surface area contributed by atoms with Crippen molar-refractivity contribution in [1.82, 2.24) is 14.1 Å². The van der Waals surface area contributed by atoms with Crippen LogP contribution in [0.3, 0.4) is 0 Å². The van der Waals surface area contributed by atoms with E-state index in [1.54, 1.807) is 97.3 Å². The van der Waals surface area contributed by atoms with Crippen molar-refractivity contribution in [2.45, 2.75) is 24.7 Å². The fraction of sp³-hybridized carbons (Fsp3) is 0.0769. The number of benzene rings is 7. The van der Waals surface area contributed by atoms with Gasteiger partial charge in [-0.25, -0.2) is 0 Å². The number of pyridine rings is 1. The minimum Gasteiger partial charge on any atom is -0.307 e. The van der Waals surface area contributed by atoms with E-state index < -0.39 is 47.0 Å². The SMILES string of the molecule is N#Cc1ccccc1-c1c(-n2c3ccccc3c3cc(-c4cc(C(F)(F)F)cc(C(F)(F)F)c4)ccc32)cncc1-n1c2ccccc2c2cc(-c3cc(C(F)(F)F)cc(C(F)(F)F)c3)ccc21. The van der Waals surface area contributed by atoms with Crippen LogP contribution in [0.15, 0.2) is 158 Å². The van der Waals surface area contributed by atoms with Gasteiger partial charge in [0.25, 0.3) is 0 Å². The summed E-state index contributed by atoms with van der Waals surface area (Å²) < 4.78 is 171. The van der Waals surface area contributed by atoms with Crippen LogP contribution in [-0.2, 0) is 24.7 Å². The molecular weight excluding hydrogens is 909 g/mol. The fourth-order valence-electron chi connectivity index (χ4n) is 8.92. The van der Waals surface area contributed by atoms with Gasteiger partial charge < -0.3 is 9.13 Å². The zero-order chi connectivity index (χ0) is 48.1. The molecule has 0 unspecified atom stereocenters. The molecule has 0 amide bonds. The maximum absolute atomic E-state index is 14.0. The summed E-state index contributed by atoms with van der Waals surface area (Å²) in [6.45, 7) is 0. The molecule has 3 aromatic heterocycles. The smallest absolute Gasteiger partial charge is 0.307 e. The third kappa shape index (κ3) is 7.44. The monoisotopic (exact) mass is 934 g/mol. The Balaban J connectivity index is 1.24. The Bertz CT molecular complexity index is 3440. The quantitative estimate of drug-likeness (QED) is 0.161. The Labute approximate surface area is 376 Å². The van der Waals surface area contributed by atoms with Crippen LogP contribution in [0.5, 0.6) is 0 Å². The van der Waals surface area contributed by atoms with Crippen molar-refractivity contribution < 1.29 is 52.7 Å². The Morgan fingerprint density at radius 1 is 0.382 bits per heavy atom. The number of alkyl halides is 12. The number of nitriles is 1. The minimum atomic E-state index is -5.08. The molecule has 10 aromatic rings. The van der Waals surface area contributed by atoms with E-state index in [2.05, 4.69) is 11.1 Å². The number of halogens is 12. The lowest BCUT2D eigenvalue weighted by atomic mass is 9.97. The first-order valence-electron chi connectivity index (χ1n) is 20.3. The highest BCUT2D eigenvalue weighted by Gasteiger charge is 2.39. The number of hydrogen-bond donors (Lipinski definition) is 0. The first kappa shape index (κ1) is 43.8. The predicted octanol–water partition coefficient (Wildman–Crippen LogP) is 16.2. The van der Waals surface area contributed by atoms with Crippen molar-refractivity contribution in [3.63, 3.8) is 0 Å². The Kier molecular flexibility index (Phi) is 9.99. The average molecular weight is 935 g/mol. The highest BCUT2D eigenvalue weighted by molar-refractivity contribution is 6.13. The Hall–Kier alpha value is -8.06. The number of hydrogen-bond acceptors (Lipinski definition) is 2. The topological polar surface area (TPSA) is 46.5 Å². The van der Waals surface area contributed by atoms with Crippen molar-refractivity contribution in [3.05, 3.63) is 186 Å². The molecule has 0 saturated heterocycles. The first-order chi connectivity index (χ1) is 32.2. The molecule has 10 rings (SSSR count). The summed E-state index contributed by atoms with van der Waals surface area (Å²) >= 11 is 0. The van der Waals surface area contributed by atoms with Gasteiger partial charge in [-0.05, 0) is 101 Å². The summed E-state index contributed by atoms with van der Waals surface area (Å²) in [5.74, 6) is 0. The summed E-state index contributed by atoms with van der Waals surface area (Å²) in [7, 11) is 0. The van der Waals surface area contributed by atoms with Gasteiger partial charge in [0.1, 0.15) is 0 Å². The molecule has 0 spiro atoms. The number of aromatic nitrogens is 3. The van der Waals surface area contributed by atoms with Crippen molar-refractivity contribution in [1.29, 1.82) is 5.26 Å². The van der Waals surface area contributed by atoms with Gasteiger partial charge in [-0.3, -0.25) is 4.98 Å². The first-order valence-corrected chi connectivity index (χ1v) is 20.3. The number of rotatable bonds is 5. The number of fused-ring (bicyclic) bond motifs is 6. The van der Waals surface area contributed by atoms with Crippen molar-refractivity contribution in [2.24, 2.45) is 0 Å². The second kappa shape index (κ2) is 15.5. The molecule has 16 heteroatoms. The molecule has 68 heavy (non-hydrogen) atoms. The zero-order valence-corrected chi connectivity index (χ0v) is 34.3. The van der Waals surface area contributed by atoms with Crippen LogP contribution in [0.1, 0.15) is 27.8 Å². The van der Waals surface area contributed by atoms with E-state index in [0.717, 1.165) is 0 Å². The Morgan fingerprint density at radius 2 is 0.750 bits per heavy atom. The van der Waals surface area contributed by atoms with Crippen molar-refractivity contribution in [2.75, 3.05) is 0 Å². The van der Waals surface area contributed by atoms with E-state index in [1.807, 2.05) is 9.13 Å². The van der Waals surface area contributed by atoms with Crippen LogP contribution in [-0.4, -0.2) is 14.1 Å². The highest BCUT2D eigenvalue weighted by atomic mass is 19.4. The normalized spacial score (nSPS) is 12.7. The Morgan fingerprint density at radius 3 is 1.15 bits per heavy atom. The minimum absolute atomic E-state index is 0.0635. The molecule has 338 valence electrons. The van der Waals surface area contributed by atoms with Crippen LogP contribution in [0, 0.1) is 11.3 Å². The largest absolute Gasteiger partial charge is 0.416 e. The van der Waals surface area contributed by atoms with Gasteiger partial charge in [-0.2, -0.15) is 57.9 Å². The molecule has 7 aromatic carbocycles. The van der Waals surface area contributed by atoms with E-state index in [-0.39, 0.29) is 39.9 Å². The van der Waals surface area contributed by atoms with Gasteiger partial charge in [0, 0.05) is 32.7 Å². The molecular formula is C52H26F12N4. The van der Waals surface area contributed by atoms with Gasteiger partial charge in [0.05, 0.1) is 79.7 Å². The number of nitrogens with zero attached hydrogens (tertiary/aromatic N) is 4.